The summed E-state index contributed by atoms with van der Waals surface area (Å²) in [5, 5.41) is 0.639. The van der Waals surface area contributed by atoms with Gasteiger partial charge in [-0.2, -0.15) is 0 Å². The molecule has 23 heavy (non-hydrogen) atoms. The van der Waals surface area contributed by atoms with Gasteiger partial charge in [-0.15, -0.1) is 0 Å². The molecule has 120 valence electrons. The maximum atomic E-state index is 12.7. The molecule has 2 aromatic rings. The molecule has 3 nitrogen and oxygen atoms in total. The number of esters is 1. The van der Waals surface area contributed by atoms with Crippen LogP contribution in [-0.4, -0.2) is 17.1 Å². The normalized spacial score (nSPS) is 17.1. The van der Waals surface area contributed by atoms with Crippen LogP contribution < -0.4 is 0 Å². The van der Waals surface area contributed by atoms with E-state index in [9.17, 15) is 9.35 Å². The smallest absolute Gasteiger partial charge is 0.313 e. The monoisotopic (exact) mass is 348 g/mol. The number of ether oxygens (including phenoxy) is 1. The molecule has 3 rings (SSSR count). The van der Waals surface area contributed by atoms with Crippen LogP contribution in [0.5, 0.6) is 0 Å². The molecule has 1 aliphatic heterocycles. The molecule has 0 aromatic heterocycles. The van der Waals surface area contributed by atoms with E-state index in [1.54, 1.807) is 13.0 Å². The van der Waals surface area contributed by atoms with Gasteiger partial charge in [-0.3, -0.25) is 4.79 Å². The van der Waals surface area contributed by atoms with Crippen molar-refractivity contribution < 1.29 is 14.1 Å². The molecule has 1 aliphatic rings. The first-order valence-corrected chi connectivity index (χ1v) is 9.03. The van der Waals surface area contributed by atoms with Crippen molar-refractivity contribution in [2.45, 2.75) is 36.0 Å². The van der Waals surface area contributed by atoms with Gasteiger partial charge >= 0.3 is 5.97 Å². The first-order chi connectivity index (χ1) is 11.0. The molecule has 0 aliphatic carbocycles. The minimum Gasteiger partial charge on any atom is -0.606 e. The van der Waals surface area contributed by atoms with E-state index in [0.717, 1.165) is 26.5 Å². The quantitative estimate of drug-likeness (QED) is 0.620. The van der Waals surface area contributed by atoms with Crippen LogP contribution >= 0.6 is 11.6 Å². The number of hydrogen-bond donors (Lipinski definition) is 0. The Balaban J connectivity index is 1.96. The third kappa shape index (κ3) is 3.11. The van der Waals surface area contributed by atoms with Gasteiger partial charge in [0.25, 0.3) is 0 Å². The van der Waals surface area contributed by atoms with Crippen molar-refractivity contribution in [3.63, 3.8) is 0 Å². The fourth-order valence-corrected chi connectivity index (χ4v) is 4.34. The number of hydrogen-bond acceptors (Lipinski definition) is 3. The van der Waals surface area contributed by atoms with Crippen molar-refractivity contribution in [2.75, 3.05) is 6.61 Å². The second kappa shape index (κ2) is 6.56. The molecule has 5 heteroatoms. The maximum Gasteiger partial charge on any atom is 0.313 e. The summed E-state index contributed by atoms with van der Waals surface area (Å²) in [7, 11) is 0. The summed E-state index contributed by atoms with van der Waals surface area (Å²) in [5.41, 5.74) is 2.83. The molecule has 2 atom stereocenters. The molecular formula is C18H17ClO3S. The van der Waals surface area contributed by atoms with E-state index in [1.165, 1.54) is 0 Å². The molecule has 0 saturated carbocycles. The Hall–Kier alpha value is -1.49. The van der Waals surface area contributed by atoms with Crippen LogP contribution in [0.2, 0.25) is 5.02 Å². The standard InChI is InChI=1S/C18H17ClO3S/c1-3-22-18(20)11(2)12-4-6-16-13(8-12)9-14-10-15(19)5-7-17(14)23(16)21/h4-8,10-11H,3,9H2,1-2H3. The van der Waals surface area contributed by atoms with Crippen molar-refractivity contribution >= 4 is 28.7 Å². The summed E-state index contributed by atoms with van der Waals surface area (Å²) < 4.78 is 17.8. The van der Waals surface area contributed by atoms with Gasteiger partial charge in [0, 0.05) is 33.7 Å². The van der Waals surface area contributed by atoms with Gasteiger partial charge < -0.3 is 9.29 Å². The average molecular weight is 349 g/mol. The van der Waals surface area contributed by atoms with E-state index >= 15 is 0 Å². The van der Waals surface area contributed by atoms with Crippen LogP contribution in [0, 0.1) is 0 Å². The zero-order valence-electron chi connectivity index (χ0n) is 13.0. The topological polar surface area (TPSA) is 49.4 Å². The zero-order chi connectivity index (χ0) is 16.6. The Kier molecular flexibility index (Phi) is 4.67. The van der Waals surface area contributed by atoms with Gasteiger partial charge in [-0.1, -0.05) is 17.7 Å². The first kappa shape index (κ1) is 16.4. The van der Waals surface area contributed by atoms with E-state index in [4.69, 9.17) is 16.3 Å². The number of carbonyl (C=O) groups excluding carboxylic acids is 1. The third-order valence-corrected chi connectivity index (χ3v) is 5.86. The molecule has 0 fully saturated rings. The van der Waals surface area contributed by atoms with Crippen molar-refractivity contribution in [2.24, 2.45) is 0 Å². The molecule has 0 N–H and O–H groups in total. The summed E-state index contributed by atoms with van der Waals surface area (Å²) in [6, 6.07) is 11.1. The van der Waals surface area contributed by atoms with E-state index in [-0.39, 0.29) is 11.9 Å². The van der Waals surface area contributed by atoms with E-state index in [0.29, 0.717) is 18.1 Å². The van der Waals surface area contributed by atoms with Crippen molar-refractivity contribution in [1.29, 1.82) is 0 Å². The highest BCUT2D eigenvalue weighted by Gasteiger charge is 2.29. The van der Waals surface area contributed by atoms with Gasteiger partial charge in [-0.25, -0.2) is 0 Å². The molecule has 0 bridgehead atoms. The number of rotatable bonds is 3. The van der Waals surface area contributed by atoms with E-state index in [1.807, 2.05) is 37.3 Å². The van der Waals surface area contributed by atoms with Gasteiger partial charge in [-0.05, 0) is 49.7 Å². The largest absolute Gasteiger partial charge is 0.606 e. The Morgan fingerprint density at radius 1 is 1.26 bits per heavy atom. The number of fused-ring (bicyclic) bond motifs is 2. The number of benzene rings is 2. The van der Waals surface area contributed by atoms with Crippen LogP contribution in [0.3, 0.4) is 0 Å². The van der Waals surface area contributed by atoms with Gasteiger partial charge in [0.05, 0.1) is 12.5 Å². The Morgan fingerprint density at radius 2 is 1.91 bits per heavy atom. The second-order valence-electron chi connectivity index (χ2n) is 5.54. The van der Waals surface area contributed by atoms with Crippen LogP contribution in [0.15, 0.2) is 46.2 Å². The van der Waals surface area contributed by atoms with E-state index in [2.05, 4.69) is 0 Å². The first-order valence-electron chi connectivity index (χ1n) is 7.51. The molecule has 1 heterocycles. The van der Waals surface area contributed by atoms with Gasteiger partial charge in [0.1, 0.15) is 0 Å². The van der Waals surface area contributed by atoms with Crippen LogP contribution in [0.1, 0.15) is 36.5 Å². The predicted octanol–water partition coefficient (Wildman–Crippen LogP) is 4.08. The number of carbonyl (C=O) groups is 1. The lowest BCUT2D eigenvalue weighted by Gasteiger charge is -2.23. The lowest BCUT2D eigenvalue weighted by Crippen LogP contribution is -2.17. The molecule has 2 aromatic carbocycles. The van der Waals surface area contributed by atoms with Gasteiger partial charge in [0.15, 0.2) is 9.79 Å². The highest BCUT2D eigenvalue weighted by atomic mass is 35.5. The lowest BCUT2D eigenvalue weighted by molar-refractivity contribution is -0.144. The minimum atomic E-state index is -1.21. The third-order valence-electron chi connectivity index (χ3n) is 4.03. The molecule has 0 amide bonds. The molecular weight excluding hydrogens is 332 g/mol. The van der Waals surface area contributed by atoms with Crippen molar-refractivity contribution in [3.05, 3.63) is 58.1 Å². The van der Waals surface area contributed by atoms with Crippen LogP contribution in [0.4, 0.5) is 0 Å². The average Bonchev–Trinajstić information content (AvgIpc) is 2.53. The summed E-state index contributed by atoms with van der Waals surface area (Å²) in [6.45, 7) is 3.98. The second-order valence-corrected chi connectivity index (χ2v) is 7.39. The summed E-state index contributed by atoms with van der Waals surface area (Å²) in [4.78, 5) is 13.5. The fourth-order valence-electron chi connectivity index (χ4n) is 2.78. The summed E-state index contributed by atoms with van der Waals surface area (Å²) in [6.07, 6.45) is 0.667. The highest BCUT2D eigenvalue weighted by Crippen LogP contribution is 2.36. The summed E-state index contributed by atoms with van der Waals surface area (Å²) in [5.74, 6) is -0.581. The predicted molar refractivity (Wildman–Crippen MR) is 90.4 cm³/mol. The van der Waals surface area contributed by atoms with Gasteiger partial charge in [0.2, 0.25) is 0 Å². The zero-order valence-corrected chi connectivity index (χ0v) is 14.5. The lowest BCUT2D eigenvalue weighted by atomic mass is 9.96. The maximum absolute atomic E-state index is 12.7. The van der Waals surface area contributed by atoms with Crippen molar-refractivity contribution in [1.82, 2.24) is 0 Å². The number of halogens is 1. The molecule has 0 saturated heterocycles. The minimum absolute atomic E-state index is 0.243. The van der Waals surface area contributed by atoms with E-state index < -0.39 is 11.2 Å². The fraction of sp³-hybridized carbons (Fsp3) is 0.278. The molecule has 0 radical (unpaired) electrons. The van der Waals surface area contributed by atoms with Crippen molar-refractivity contribution in [3.8, 4) is 0 Å². The molecule has 2 unspecified atom stereocenters. The van der Waals surface area contributed by atoms with Crippen LogP contribution in [0.25, 0.3) is 0 Å². The molecule has 0 spiro atoms. The Labute approximate surface area is 143 Å². The SMILES string of the molecule is CCOC(=O)C(C)c1ccc2c(c1)Cc1cc(Cl)ccc1[S+]2[O-]. The summed E-state index contributed by atoms with van der Waals surface area (Å²) >= 11 is 4.84. The van der Waals surface area contributed by atoms with Crippen LogP contribution in [-0.2, 0) is 27.1 Å². The highest BCUT2D eigenvalue weighted by molar-refractivity contribution is 7.91. The Morgan fingerprint density at radius 3 is 2.61 bits per heavy atom. The Bertz CT molecular complexity index is 760.